The monoisotopic (exact) mass is 220 g/mol. The third-order valence-electron chi connectivity index (χ3n) is 3.41. The standard InChI is InChI=1S/C12H20N4/c1-2-10-4-3-6-16(7-5-10)12-9-14-11(13)8-15-12/h8-10H,2-7H2,1H3,(H2,13,14). The molecule has 1 aliphatic rings. The Morgan fingerprint density at radius 2 is 2.19 bits per heavy atom. The average molecular weight is 220 g/mol. The van der Waals surface area contributed by atoms with Crippen LogP contribution in [-0.2, 0) is 0 Å². The zero-order valence-electron chi connectivity index (χ0n) is 9.89. The van der Waals surface area contributed by atoms with Crippen molar-refractivity contribution in [1.29, 1.82) is 0 Å². The lowest BCUT2D eigenvalue weighted by molar-refractivity contribution is 0.459. The molecule has 0 amide bonds. The zero-order chi connectivity index (χ0) is 11.4. The Labute approximate surface area is 96.9 Å². The summed E-state index contributed by atoms with van der Waals surface area (Å²) in [6, 6.07) is 0. The summed E-state index contributed by atoms with van der Waals surface area (Å²) in [5.74, 6) is 2.34. The Bertz CT molecular complexity index is 322. The number of rotatable bonds is 2. The van der Waals surface area contributed by atoms with Gasteiger partial charge in [-0.3, -0.25) is 0 Å². The maximum atomic E-state index is 5.54. The highest BCUT2D eigenvalue weighted by molar-refractivity contribution is 5.39. The minimum atomic E-state index is 0.491. The van der Waals surface area contributed by atoms with Crippen molar-refractivity contribution >= 4 is 11.6 Å². The van der Waals surface area contributed by atoms with Crippen molar-refractivity contribution in [3.63, 3.8) is 0 Å². The van der Waals surface area contributed by atoms with Gasteiger partial charge in [0.15, 0.2) is 0 Å². The summed E-state index contributed by atoms with van der Waals surface area (Å²) in [4.78, 5) is 10.8. The van der Waals surface area contributed by atoms with Gasteiger partial charge in [-0.1, -0.05) is 13.3 Å². The highest BCUT2D eigenvalue weighted by Crippen LogP contribution is 2.22. The van der Waals surface area contributed by atoms with Crippen LogP contribution in [0.5, 0.6) is 0 Å². The maximum absolute atomic E-state index is 5.54. The van der Waals surface area contributed by atoms with Crippen molar-refractivity contribution in [3.05, 3.63) is 12.4 Å². The highest BCUT2D eigenvalue weighted by Gasteiger charge is 2.16. The molecule has 0 spiro atoms. The van der Waals surface area contributed by atoms with E-state index in [1.807, 2.05) is 0 Å². The third kappa shape index (κ3) is 2.62. The van der Waals surface area contributed by atoms with Crippen LogP contribution in [-0.4, -0.2) is 23.1 Å². The molecule has 1 fully saturated rings. The number of aromatic nitrogens is 2. The molecule has 1 unspecified atom stereocenters. The van der Waals surface area contributed by atoms with Gasteiger partial charge in [0, 0.05) is 13.1 Å². The molecular weight excluding hydrogens is 200 g/mol. The van der Waals surface area contributed by atoms with Crippen molar-refractivity contribution in [2.24, 2.45) is 5.92 Å². The third-order valence-corrected chi connectivity index (χ3v) is 3.41. The van der Waals surface area contributed by atoms with Crippen LogP contribution in [0.15, 0.2) is 12.4 Å². The van der Waals surface area contributed by atoms with E-state index in [4.69, 9.17) is 5.73 Å². The van der Waals surface area contributed by atoms with E-state index in [-0.39, 0.29) is 0 Å². The molecule has 0 aliphatic carbocycles. The molecule has 1 aliphatic heterocycles. The van der Waals surface area contributed by atoms with Gasteiger partial charge in [-0.15, -0.1) is 0 Å². The first-order valence-corrected chi connectivity index (χ1v) is 6.12. The number of nitrogens with two attached hydrogens (primary N) is 1. The molecule has 0 saturated carbocycles. The Morgan fingerprint density at radius 1 is 1.31 bits per heavy atom. The van der Waals surface area contributed by atoms with E-state index in [0.717, 1.165) is 24.8 Å². The van der Waals surface area contributed by atoms with Crippen molar-refractivity contribution < 1.29 is 0 Å². The lowest BCUT2D eigenvalue weighted by Crippen LogP contribution is -2.25. The van der Waals surface area contributed by atoms with E-state index in [2.05, 4.69) is 21.8 Å². The van der Waals surface area contributed by atoms with Gasteiger partial charge in [-0.05, 0) is 25.2 Å². The molecule has 16 heavy (non-hydrogen) atoms. The second kappa shape index (κ2) is 5.14. The van der Waals surface area contributed by atoms with Crippen LogP contribution < -0.4 is 10.6 Å². The fourth-order valence-electron chi connectivity index (χ4n) is 2.30. The molecule has 1 aromatic rings. The summed E-state index contributed by atoms with van der Waals surface area (Å²) in [5, 5.41) is 0. The minimum absolute atomic E-state index is 0.491. The Hall–Kier alpha value is -1.32. The Morgan fingerprint density at radius 3 is 2.88 bits per heavy atom. The SMILES string of the molecule is CCC1CCCN(c2cnc(N)cn2)CC1. The first-order chi connectivity index (χ1) is 7.79. The van der Waals surface area contributed by atoms with Crippen LogP contribution in [0.4, 0.5) is 11.6 Å². The fourth-order valence-corrected chi connectivity index (χ4v) is 2.30. The van der Waals surface area contributed by atoms with E-state index >= 15 is 0 Å². The van der Waals surface area contributed by atoms with Gasteiger partial charge in [0.25, 0.3) is 0 Å². The van der Waals surface area contributed by atoms with Crippen LogP contribution in [0.25, 0.3) is 0 Å². The number of anilines is 2. The number of hydrogen-bond acceptors (Lipinski definition) is 4. The second-order valence-corrected chi connectivity index (χ2v) is 4.49. The number of hydrogen-bond donors (Lipinski definition) is 1. The molecule has 4 nitrogen and oxygen atoms in total. The molecule has 4 heteroatoms. The molecule has 0 bridgehead atoms. The van der Waals surface area contributed by atoms with Crippen molar-refractivity contribution in [3.8, 4) is 0 Å². The summed E-state index contributed by atoms with van der Waals surface area (Å²) >= 11 is 0. The lowest BCUT2D eigenvalue weighted by atomic mass is 9.98. The Kier molecular flexibility index (Phi) is 3.59. The van der Waals surface area contributed by atoms with Crippen LogP contribution in [0.3, 0.4) is 0 Å². The number of nitrogen functional groups attached to an aromatic ring is 1. The summed E-state index contributed by atoms with van der Waals surface area (Å²) in [6.07, 6.45) is 8.57. The van der Waals surface area contributed by atoms with Crippen LogP contribution in [0, 0.1) is 5.92 Å². The highest BCUT2D eigenvalue weighted by atomic mass is 15.2. The Balaban J connectivity index is 2.02. The van der Waals surface area contributed by atoms with Crippen LogP contribution >= 0.6 is 0 Å². The first kappa shape index (κ1) is 11.2. The van der Waals surface area contributed by atoms with E-state index in [1.54, 1.807) is 12.4 Å². The molecule has 0 aromatic carbocycles. The predicted octanol–water partition coefficient (Wildman–Crippen LogP) is 2.08. The fraction of sp³-hybridized carbons (Fsp3) is 0.667. The normalized spacial score (nSPS) is 21.8. The van der Waals surface area contributed by atoms with E-state index in [9.17, 15) is 0 Å². The van der Waals surface area contributed by atoms with Gasteiger partial charge >= 0.3 is 0 Å². The molecule has 2 rings (SSSR count). The molecule has 2 N–H and O–H groups in total. The second-order valence-electron chi connectivity index (χ2n) is 4.49. The molecule has 1 aromatic heterocycles. The molecule has 2 heterocycles. The quantitative estimate of drug-likeness (QED) is 0.829. The van der Waals surface area contributed by atoms with Gasteiger partial charge in [-0.2, -0.15) is 0 Å². The summed E-state index contributed by atoms with van der Waals surface area (Å²) in [7, 11) is 0. The molecular formula is C12H20N4. The van der Waals surface area contributed by atoms with Gasteiger partial charge in [-0.25, -0.2) is 9.97 Å². The molecule has 0 radical (unpaired) electrons. The minimum Gasteiger partial charge on any atom is -0.382 e. The summed E-state index contributed by atoms with van der Waals surface area (Å²) in [5.41, 5.74) is 5.54. The average Bonchev–Trinajstić information content (AvgIpc) is 2.55. The van der Waals surface area contributed by atoms with E-state index < -0.39 is 0 Å². The van der Waals surface area contributed by atoms with Crippen molar-refractivity contribution in [2.75, 3.05) is 23.7 Å². The van der Waals surface area contributed by atoms with Crippen LogP contribution in [0.1, 0.15) is 32.6 Å². The van der Waals surface area contributed by atoms with Crippen LogP contribution in [0.2, 0.25) is 0 Å². The largest absolute Gasteiger partial charge is 0.382 e. The van der Waals surface area contributed by atoms with E-state index in [0.29, 0.717) is 5.82 Å². The topological polar surface area (TPSA) is 55.0 Å². The van der Waals surface area contributed by atoms with Crippen molar-refractivity contribution in [2.45, 2.75) is 32.6 Å². The van der Waals surface area contributed by atoms with Crippen molar-refractivity contribution in [1.82, 2.24) is 9.97 Å². The summed E-state index contributed by atoms with van der Waals surface area (Å²) < 4.78 is 0. The number of nitrogens with zero attached hydrogens (tertiary/aromatic N) is 3. The molecule has 1 saturated heterocycles. The van der Waals surface area contributed by atoms with Gasteiger partial charge in [0.2, 0.25) is 0 Å². The molecule has 1 atom stereocenters. The van der Waals surface area contributed by atoms with Gasteiger partial charge in [0.05, 0.1) is 12.4 Å². The van der Waals surface area contributed by atoms with Gasteiger partial charge < -0.3 is 10.6 Å². The van der Waals surface area contributed by atoms with E-state index in [1.165, 1.54) is 25.7 Å². The summed E-state index contributed by atoms with van der Waals surface area (Å²) in [6.45, 7) is 4.47. The first-order valence-electron chi connectivity index (χ1n) is 6.12. The van der Waals surface area contributed by atoms with Gasteiger partial charge in [0.1, 0.15) is 11.6 Å². The predicted molar refractivity (Wildman–Crippen MR) is 66.3 cm³/mol. The maximum Gasteiger partial charge on any atom is 0.147 e. The smallest absolute Gasteiger partial charge is 0.147 e. The lowest BCUT2D eigenvalue weighted by Gasteiger charge is -2.21. The molecule has 88 valence electrons. The zero-order valence-corrected chi connectivity index (χ0v) is 9.89.